The molecule has 0 saturated carbocycles. The van der Waals surface area contributed by atoms with Gasteiger partial charge in [0, 0.05) is 25.0 Å². The van der Waals surface area contributed by atoms with E-state index in [2.05, 4.69) is 36.3 Å². The molecule has 0 aliphatic rings. The third kappa shape index (κ3) is 3.55. The van der Waals surface area contributed by atoms with Crippen molar-refractivity contribution in [2.24, 2.45) is 0 Å². The molecular formula is C16H20N2O. The second-order valence-electron chi connectivity index (χ2n) is 4.69. The van der Waals surface area contributed by atoms with E-state index in [-0.39, 0.29) is 0 Å². The van der Waals surface area contributed by atoms with E-state index in [1.165, 1.54) is 16.7 Å². The average Bonchev–Trinajstić information content (AvgIpc) is 2.46. The van der Waals surface area contributed by atoms with Gasteiger partial charge in [0.1, 0.15) is 5.75 Å². The lowest BCUT2D eigenvalue weighted by Gasteiger charge is -2.15. The minimum atomic E-state index is 0.311. The van der Waals surface area contributed by atoms with E-state index >= 15 is 0 Å². The highest BCUT2D eigenvalue weighted by Crippen LogP contribution is 2.19. The number of methoxy groups -OCH3 is 1. The van der Waals surface area contributed by atoms with Crippen LogP contribution in [0.5, 0.6) is 5.75 Å². The van der Waals surface area contributed by atoms with Gasteiger partial charge in [0.15, 0.2) is 0 Å². The van der Waals surface area contributed by atoms with Gasteiger partial charge >= 0.3 is 0 Å². The molecule has 3 heteroatoms. The van der Waals surface area contributed by atoms with Crippen LogP contribution in [0.15, 0.2) is 42.7 Å². The van der Waals surface area contributed by atoms with Crippen LogP contribution in [0, 0.1) is 6.92 Å². The van der Waals surface area contributed by atoms with Crippen molar-refractivity contribution in [3.05, 3.63) is 59.4 Å². The zero-order chi connectivity index (χ0) is 13.7. The van der Waals surface area contributed by atoms with E-state index in [0.29, 0.717) is 6.04 Å². The third-order valence-electron chi connectivity index (χ3n) is 3.28. The number of nitrogens with one attached hydrogen (secondary N) is 1. The van der Waals surface area contributed by atoms with Crippen molar-refractivity contribution in [1.29, 1.82) is 0 Å². The Hall–Kier alpha value is -1.87. The van der Waals surface area contributed by atoms with E-state index in [1.807, 2.05) is 30.6 Å². The topological polar surface area (TPSA) is 34.1 Å². The van der Waals surface area contributed by atoms with Gasteiger partial charge in [-0.25, -0.2) is 0 Å². The Labute approximate surface area is 114 Å². The Bertz CT molecular complexity index is 526. The van der Waals surface area contributed by atoms with Crippen molar-refractivity contribution in [3.63, 3.8) is 0 Å². The smallest absolute Gasteiger partial charge is 0.121 e. The zero-order valence-electron chi connectivity index (χ0n) is 11.7. The number of hydrogen-bond acceptors (Lipinski definition) is 3. The number of aromatic nitrogens is 1. The van der Waals surface area contributed by atoms with E-state index in [1.54, 1.807) is 7.11 Å². The highest BCUT2D eigenvalue weighted by atomic mass is 16.5. The van der Waals surface area contributed by atoms with E-state index in [4.69, 9.17) is 4.74 Å². The van der Waals surface area contributed by atoms with Crippen LogP contribution < -0.4 is 10.1 Å². The second kappa shape index (κ2) is 6.34. The van der Waals surface area contributed by atoms with Crippen LogP contribution in [-0.2, 0) is 6.54 Å². The average molecular weight is 256 g/mol. The molecule has 1 atom stereocenters. The standard InChI is InChI=1S/C16H20N2O/c1-12-10-14(4-5-16(12)19-3)11-18-13(2)15-6-8-17-9-7-15/h4-10,13,18H,11H2,1-3H3. The van der Waals surface area contributed by atoms with Crippen molar-refractivity contribution in [2.45, 2.75) is 26.4 Å². The fraction of sp³-hybridized carbons (Fsp3) is 0.312. The van der Waals surface area contributed by atoms with Gasteiger partial charge in [-0.1, -0.05) is 12.1 Å². The second-order valence-corrected chi connectivity index (χ2v) is 4.69. The molecule has 19 heavy (non-hydrogen) atoms. The minimum Gasteiger partial charge on any atom is -0.496 e. The fourth-order valence-corrected chi connectivity index (χ4v) is 2.09. The van der Waals surface area contributed by atoms with Crippen LogP contribution in [-0.4, -0.2) is 12.1 Å². The summed E-state index contributed by atoms with van der Waals surface area (Å²) in [6.07, 6.45) is 3.65. The number of nitrogens with zero attached hydrogens (tertiary/aromatic N) is 1. The summed E-state index contributed by atoms with van der Waals surface area (Å²) in [6.45, 7) is 5.06. The molecule has 1 heterocycles. The maximum atomic E-state index is 5.27. The van der Waals surface area contributed by atoms with E-state index < -0.39 is 0 Å². The summed E-state index contributed by atoms with van der Waals surface area (Å²) in [5.74, 6) is 0.936. The highest BCUT2D eigenvalue weighted by molar-refractivity contribution is 5.36. The summed E-state index contributed by atoms with van der Waals surface area (Å²) in [6, 6.07) is 10.7. The normalized spacial score (nSPS) is 12.2. The van der Waals surface area contributed by atoms with Crippen molar-refractivity contribution in [1.82, 2.24) is 10.3 Å². The molecule has 0 amide bonds. The Morgan fingerprint density at radius 1 is 1.21 bits per heavy atom. The molecule has 1 aromatic carbocycles. The summed E-state index contributed by atoms with van der Waals surface area (Å²) in [5, 5.41) is 3.51. The number of rotatable bonds is 5. The molecule has 0 fully saturated rings. The highest BCUT2D eigenvalue weighted by Gasteiger charge is 2.05. The molecule has 1 N–H and O–H groups in total. The minimum absolute atomic E-state index is 0.311. The molecule has 0 aliphatic heterocycles. The lowest BCUT2D eigenvalue weighted by Crippen LogP contribution is -2.18. The van der Waals surface area contributed by atoms with Crippen LogP contribution in [0.3, 0.4) is 0 Å². The van der Waals surface area contributed by atoms with Crippen molar-refractivity contribution < 1.29 is 4.74 Å². The summed E-state index contributed by atoms with van der Waals surface area (Å²) < 4.78 is 5.27. The number of pyridine rings is 1. The first kappa shape index (κ1) is 13.6. The molecule has 100 valence electrons. The predicted octanol–water partition coefficient (Wildman–Crippen LogP) is 3.25. The molecule has 0 bridgehead atoms. The number of hydrogen-bond donors (Lipinski definition) is 1. The molecule has 2 rings (SSSR count). The van der Waals surface area contributed by atoms with Crippen molar-refractivity contribution in [3.8, 4) is 5.75 Å². The molecule has 2 aromatic rings. The van der Waals surface area contributed by atoms with Gasteiger partial charge < -0.3 is 10.1 Å². The number of aryl methyl sites for hydroxylation is 1. The Balaban J connectivity index is 1.97. The zero-order valence-corrected chi connectivity index (χ0v) is 11.7. The van der Waals surface area contributed by atoms with Crippen LogP contribution >= 0.6 is 0 Å². The maximum Gasteiger partial charge on any atom is 0.121 e. The molecular weight excluding hydrogens is 236 g/mol. The maximum absolute atomic E-state index is 5.27. The third-order valence-corrected chi connectivity index (χ3v) is 3.28. The monoisotopic (exact) mass is 256 g/mol. The van der Waals surface area contributed by atoms with Gasteiger partial charge in [0.2, 0.25) is 0 Å². The number of benzene rings is 1. The van der Waals surface area contributed by atoms with Gasteiger partial charge in [-0.3, -0.25) is 4.98 Å². The summed E-state index contributed by atoms with van der Waals surface area (Å²) in [5.41, 5.74) is 3.68. The Kier molecular flexibility index (Phi) is 4.53. The largest absolute Gasteiger partial charge is 0.496 e. The van der Waals surface area contributed by atoms with Gasteiger partial charge in [-0.05, 0) is 48.7 Å². The van der Waals surface area contributed by atoms with Crippen molar-refractivity contribution >= 4 is 0 Å². The van der Waals surface area contributed by atoms with Gasteiger partial charge in [-0.15, -0.1) is 0 Å². The summed E-state index contributed by atoms with van der Waals surface area (Å²) >= 11 is 0. The quantitative estimate of drug-likeness (QED) is 0.891. The van der Waals surface area contributed by atoms with Crippen LogP contribution in [0.25, 0.3) is 0 Å². The molecule has 3 nitrogen and oxygen atoms in total. The predicted molar refractivity (Wildman–Crippen MR) is 77.2 cm³/mol. The van der Waals surface area contributed by atoms with Gasteiger partial charge in [0.25, 0.3) is 0 Å². The lowest BCUT2D eigenvalue weighted by molar-refractivity contribution is 0.411. The molecule has 0 radical (unpaired) electrons. The Morgan fingerprint density at radius 2 is 1.95 bits per heavy atom. The van der Waals surface area contributed by atoms with Gasteiger partial charge in [0.05, 0.1) is 7.11 Å². The molecule has 0 saturated heterocycles. The summed E-state index contributed by atoms with van der Waals surface area (Å²) in [7, 11) is 1.70. The molecule has 1 aromatic heterocycles. The van der Waals surface area contributed by atoms with Crippen LogP contribution in [0.4, 0.5) is 0 Å². The van der Waals surface area contributed by atoms with E-state index in [9.17, 15) is 0 Å². The SMILES string of the molecule is COc1ccc(CNC(C)c2ccncc2)cc1C. The lowest BCUT2D eigenvalue weighted by atomic mass is 10.1. The first-order valence-corrected chi connectivity index (χ1v) is 6.47. The van der Waals surface area contributed by atoms with Gasteiger partial charge in [-0.2, -0.15) is 0 Å². The first-order valence-electron chi connectivity index (χ1n) is 6.47. The number of ether oxygens (including phenoxy) is 1. The van der Waals surface area contributed by atoms with E-state index in [0.717, 1.165) is 12.3 Å². The molecule has 0 aliphatic carbocycles. The Morgan fingerprint density at radius 3 is 2.58 bits per heavy atom. The molecule has 0 spiro atoms. The fourth-order valence-electron chi connectivity index (χ4n) is 2.09. The summed E-state index contributed by atoms with van der Waals surface area (Å²) in [4.78, 5) is 4.04. The van der Waals surface area contributed by atoms with Crippen molar-refractivity contribution in [2.75, 3.05) is 7.11 Å². The molecule has 1 unspecified atom stereocenters. The van der Waals surface area contributed by atoms with Crippen LogP contribution in [0.2, 0.25) is 0 Å². The van der Waals surface area contributed by atoms with Crippen LogP contribution in [0.1, 0.15) is 29.7 Å². The first-order chi connectivity index (χ1) is 9.20.